The highest BCUT2D eigenvalue weighted by Gasteiger charge is 2.13. The Kier molecular flexibility index (Phi) is 8.06. The second-order valence-electron chi connectivity index (χ2n) is 7.53. The van der Waals surface area contributed by atoms with Crippen molar-refractivity contribution < 1.29 is 14.3 Å². The summed E-state index contributed by atoms with van der Waals surface area (Å²) in [7, 11) is 1.57. The van der Waals surface area contributed by atoms with Crippen LogP contribution in [0.4, 0.5) is 0 Å². The quantitative estimate of drug-likeness (QED) is 0.493. The second-order valence-corrected chi connectivity index (χ2v) is 7.53. The molecule has 2 aromatic carbocycles. The minimum atomic E-state index is -0.378. The number of ether oxygens (including phenoxy) is 2. The average Bonchev–Trinajstić information content (AvgIpc) is 2.71. The van der Waals surface area contributed by atoms with Gasteiger partial charge in [0.2, 0.25) is 0 Å². The number of carbonyl (C=O) groups excluding carboxylic acids is 1. The molecule has 0 fully saturated rings. The number of nitrogens with zero attached hydrogens (tertiary/aromatic N) is 1. The number of carbonyl (C=O) groups is 1. The van der Waals surface area contributed by atoms with Crippen molar-refractivity contribution in [2.24, 2.45) is 0 Å². The van der Waals surface area contributed by atoms with Gasteiger partial charge >= 0.3 is 0 Å². The molecular weight excluding hydrogens is 376 g/mol. The average molecular weight is 407 g/mol. The fourth-order valence-electron chi connectivity index (χ4n) is 3.20. The third-order valence-corrected chi connectivity index (χ3v) is 5.07. The summed E-state index contributed by atoms with van der Waals surface area (Å²) in [6, 6.07) is 11.6. The first-order chi connectivity index (χ1) is 14.3. The van der Waals surface area contributed by atoms with Crippen molar-refractivity contribution in [1.29, 1.82) is 5.26 Å². The van der Waals surface area contributed by atoms with Crippen LogP contribution in [0.15, 0.2) is 35.9 Å². The van der Waals surface area contributed by atoms with Crippen molar-refractivity contribution in [1.82, 2.24) is 5.32 Å². The molecule has 0 aliphatic heterocycles. The van der Waals surface area contributed by atoms with E-state index in [1.165, 1.54) is 16.7 Å². The number of aryl methyl sites for hydroxylation is 3. The molecule has 0 saturated carbocycles. The fraction of sp³-hybridized carbons (Fsp3) is 0.360. The highest BCUT2D eigenvalue weighted by atomic mass is 16.5. The Morgan fingerprint density at radius 2 is 1.83 bits per heavy atom. The van der Waals surface area contributed by atoms with Crippen LogP contribution in [0.25, 0.3) is 6.08 Å². The molecule has 158 valence electrons. The molecule has 2 rings (SSSR count). The topological polar surface area (TPSA) is 71.4 Å². The van der Waals surface area contributed by atoms with Crippen molar-refractivity contribution in [3.63, 3.8) is 0 Å². The number of methoxy groups -OCH3 is 1. The number of nitrogens with one attached hydrogen (secondary N) is 1. The van der Waals surface area contributed by atoms with E-state index in [9.17, 15) is 10.1 Å². The molecule has 0 aromatic heterocycles. The zero-order valence-electron chi connectivity index (χ0n) is 18.6. The monoisotopic (exact) mass is 406 g/mol. The van der Waals surface area contributed by atoms with Gasteiger partial charge < -0.3 is 14.8 Å². The second kappa shape index (κ2) is 10.5. The van der Waals surface area contributed by atoms with Gasteiger partial charge in [0.1, 0.15) is 18.2 Å². The van der Waals surface area contributed by atoms with Crippen LogP contribution in [0.3, 0.4) is 0 Å². The maximum atomic E-state index is 12.3. The Bertz CT molecular complexity index is 963. The van der Waals surface area contributed by atoms with Crippen LogP contribution in [0.2, 0.25) is 0 Å². The molecule has 0 aliphatic rings. The summed E-state index contributed by atoms with van der Waals surface area (Å²) in [6.45, 7) is 10.6. The lowest BCUT2D eigenvalue weighted by molar-refractivity contribution is -0.117. The normalized spacial score (nSPS) is 12.1. The predicted molar refractivity (Wildman–Crippen MR) is 119 cm³/mol. The molecule has 1 atom stereocenters. The summed E-state index contributed by atoms with van der Waals surface area (Å²) in [5.41, 5.74) is 5.51. The number of rotatable bonds is 8. The number of hydrogen-bond acceptors (Lipinski definition) is 4. The number of nitriles is 1. The molecule has 0 radical (unpaired) electrons. The minimum absolute atomic E-state index is 0.00764. The molecule has 0 bridgehead atoms. The van der Waals surface area contributed by atoms with Crippen molar-refractivity contribution >= 4 is 12.0 Å². The molecule has 5 heteroatoms. The maximum absolute atomic E-state index is 12.3. The Morgan fingerprint density at radius 3 is 2.40 bits per heavy atom. The highest BCUT2D eigenvalue weighted by Crippen LogP contribution is 2.30. The minimum Gasteiger partial charge on any atom is -0.493 e. The Morgan fingerprint density at radius 1 is 1.17 bits per heavy atom. The summed E-state index contributed by atoms with van der Waals surface area (Å²) >= 11 is 0. The molecular formula is C25H30N2O3. The largest absolute Gasteiger partial charge is 0.493 e. The Balaban J connectivity index is 2.22. The highest BCUT2D eigenvalue weighted by molar-refractivity contribution is 6.01. The fourth-order valence-corrected chi connectivity index (χ4v) is 3.20. The number of hydrogen-bond donors (Lipinski definition) is 1. The molecule has 0 spiro atoms. The van der Waals surface area contributed by atoms with Crippen molar-refractivity contribution in [3.05, 3.63) is 63.7 Å². The van der Waals surface area contributed by atoms with Crippen LogP contribution < -0.4 is 14.8 Å². The van der Waals surface area contributed by atoms with Crippen LogP contribution in [-0.2, 0) is 11.4 Å². The molecule has 0 saturated heterocycles. The van der Waals surface area contributed by atoms with E-state index in [2.05, 4.69) is 38.2 Å². The zero-order valence-corrected chi connectivity index (χ0v) is 18.6. The lowest BCUT2D eigenvalue weighted by Gasteiger charge is -2.15. The first kappa shape index (κ1) is 23.0. The van der Waals surface area contributed by atoms with Gasteiger partial charge in [0.15, 0.2) is 11.5 Å². The van der Waals surface area contributed by atoms with Crippen LogP contribution in [0.1, 0.15) is 48.1 Å². The molecule has 1 N–H and O–H groups in total. The van der Waals surface area contributed by atoms with Crippen molar-refractivity contribution in [2.75, 3.05) is 7.11 Å². The van der Waals surface area contributed by atoms with Gasteiger partial charge in [0, 0.05) is 6.04 Å². The summed E-state index contributed by atoms with van der Waals surface area (Å²) in [4.78, 5) is 12.3. The summed E-state index contributed by atoms with van der Waals surface area (Å²) in [6.07, 6.45) is 2.35. The molecule has 0 heterocycles. The predicted octanol–water partition coefficient (Wildman–Crippen LogP) is 5.02. The van der Waals surface area contributed by atoms with E-state index in [0.29, 0.717) is 23.7 Å². The van der Waals surface area contributed by atoms with Crippen LogP contribution in [-0.4, -0.2) is 19.1 Å². The van der Waals surface area contributed by atoms with Gasteiger partial charge in [0.05, 0.1) is 7.11 Å². The molecule has 1 amide bonds. The maximum Gasteiger partial charge on any atom is 0.262 e. The van der Waals surface area contributed by atoms with Gasteiger partial charge in [-0.2, -0.15) is 5.26 Å². The van der Waals surface area contributed by atoms with Gasteiger partial charge in [0.25, 0.3) is 5.91 Å². The molecule has 2 aromatic rings. The van der Waals surface area contributed by atoms with E-state index in [-0.39, 0.29) is 17.5 Å². The van der Waals surface area contributed by atoms with Crippen molar-refractivity contribution in [2.45, 2.75) is 53.7 Å². The summed E-state index contributed by atoms with van der Waals surface area (Å²) in [5.74, 6) is 0.777. The number of benzene rings is 2. The summed E-state index contributed by atoms with van der Waals surface area (Å²) < 4.78 is 11.5. The lowest BCUT2D eigenvalue weighted by Crippen LogP contribution is -2.32. The zero-order chi connectivity index (χ0) is 22.3. The SMILES string of the molecule is CC[C@@H](C)NC(=O)/C(C#N)=C/c1ccc(OCc2c(C)cc(C)cc2C)c(OC)c1. The Hall–Kier alpha value is -3.26. The summed E-state index contributed by atoms with van der Waals surface area (Å²) in [5, 5.41) is 12.2. The van der Waals surface area contributed by atoms with E-state index < -0.39 is 0 Å². The van der Waals surface area contributed by atoms with E-state index in [1.807, 2.05) is 19.9 Å². The Labute approximate surface area is 179 Å². The lowest BCUT2D eigenvalue weighted by atomic mass is 10.0. The van der Waals surface area contributed by atoms with Crippen LogP contribution >= 0.6 is 0 Å². The first-order valence-electron chi connectivity index (χ1n) is 10.1. The van der Waals surface area contributed by atoms with Crippen LogP contribution in [0, 0.1) is 32.1 Å². The molecule has 0 unspecified atom stereocenters. The molecule has 0 aliphatic carbocycles. The third kappa shape index (κ3) is 5.87. The van der Waals surface area contributed by atoms with Gasteiger partial charge in [-0.3, -0.25) is 4.79 Å². The molecule has 5 nitrogen and oxygen atoms in total. The first-order valence-corrected chi connectivity index (χ1v) is 10.1. The molecule has 30 heavy (non-hydrogen) atoms. The standard InChI is InChI=1S/C25H30N2O3/c1-7-19(5)27-25(28)21(14-26)12-20-8-9-23(24(13-20)29-6)30-15-22-17(3)10-16(2)11-18(22)4/h8-13,19H,7,15H2,1-6H3,(H,27,28)/b21-12+/t19-/m1/s1. The van der Waals surface area contributed by atoms with Crippen molar-refractivity contribution in [3.8, 4) is 17.6 Å². The van der Waals surface area contributed by atoms with E-state index in [4.69, 9.17) is 9.47 Å². The number of amides is 1. The van der Waals surface area contributed by atoms with Gasteiger partial charge in [-0.1, -0.05) is 30.7 Å². The van der Waals surface area contributed by atoms with Gasteiger partial charge in [-0.25, -0.2) is 0 Å². The van der Waals surface area contributed by atoms with Gasteiger partial charge in [-0.15, -0.1) is 0 Å². The van der Waals surface area contributed by atoms with E-state index in [0.717, 1.165) is 12.0 Å². The van der Waals surface area contributed by atoms with Gasteiger partial charge in [-0.05, 0) is 74.6 Å². The van der Waals surface area contributed by atoms with Crippen LogP contribution in [0.5, 0.6) is 11.5 Å². The van der Waals surface area contributed by atoms with E-state index >= 15 is 0 Å². The van der Waals surface area contributed by atoms with E-state index in [1.54, 1.807) is 31.4 Å². The smallest absolute Gasteiger partial charge is 0.262 e. The third-order valence-electron chi connectivity index (χ3n) is 5.07.